The lowest BCUT2D eigenvalue weighted by Crippen LogP contribution is -2.40. The molecule has 0 bridgehead atoms. The van der Waals surface area contributed by atoms with E-state index in [4.69, 9.17) is 0 Å². The second-order valence-electron chi connectivity index (χ2n) is 9.25. The lowest BCUT2D eigenvalue weighted by Gasteiger charge is -2.46. The Morgan fingerprint density at radius 2 is 1.03 bits per heavy atom. The van der Waals surface area contributed by atoms with Gasteiger partial charge in [-0.25, -0.2) is 0 Å². The van der Waals surface area contributed by atoms with Crippen LogP contribution in [0.15, 0.2) is 91.0 Å². The van der Waals surface area contributed by atoms with Gasteiger partial charge in [-0.1, -0.05) is 112 Å². The zero-order valence-corrected chi connectivity index (χ0v) is 17.9. The Bertz CT molecular complexity index is 1260. The van der Waals surface area contributed by atoms with Gasteiger partial charge in [0.2, 0.25) is 0 Å². The predicted octanol–water partition coefficient (Wildman–Crippen LogP) is 7.25. The van der Waals surface area contributed by atoms with E-state index in [1.807, 2.05) is 0 Å². The summed E-state index contributed by atoms with van der Waals surface area (Å²) in [6.45, 7) is 7.01. The fourth-order valence-corrected chi connectivity index (χ4v) is 6.13. The van der Waals surface area contributed by atoms with Gasteiger partial charge in [0, 0.05) is 5.41 Å². The minimum absolute atomic E-state index is 0.0293. The number of benzene rings is 4. The maximum absolute atomic E-state index is 2.47. The van der Waals surface area contributed by atoms with Crippen molar-refractivity contribution in [3.8, 4) is 11.1 Å². The van der Waals surface area contributed by atoms with E-state index in [1.54, 1.807) is 0 Å². The smallest absolute Gasteiger partial charge is 0.0619 e. The van der Waals surface area contributed by atoms with Crippen LogP contribution in [0.5, 0.6) is 0 Å². The van der Waals surface area contributed by atoms with Gasteiger partial charge in [0.25, 0.3) is 0 Å². The topological polar surface area (TPSA) is 0 Å². The van der Waals surface area contributed by atoms with Gasteiger partial charge in [0.15, 0.2) is 0 Å². The van der Waals surface area contributed by atoms with Gasteiger partial charge in [0.1, 0.15) is 0 Å². The molecule has 146 valence electrons. The Labute approximate surface area is 179 Å². The van der Waals surface area contributed by atoms with Crippen LogP contribution in [-0.2, 0) is 17.3 Å². The molecule has 0 unspecified atom stereocenters. The minimum Gasteiger partial charge on any atom is -0.0619 e. The molecule has 30 heavy (non-hydrogen) atoms. The molecule has 4 aromatic carbocycles. The van der Waals surface area contributed by atoms with Crippen molar-refractivity contribution in [3.63, 3.8) is 0 Å². The standard InChI is InChI=1S/C30H26/c1-4-20-17-18-22-21-11-5-6-12-23(21)30(28(22)19-20)26-15-9-7-13-24(26)29(2,3)25-14-8-10-16-27(25)30/h5-19H,4H2,1-3H3. The first-order chi connectivity index (χ1) is 14.6. The van der Waals surface area contributed by atoms with Crippen molar-refractivity contribution in [3.05, 3.63) is 130 Å². The van der Waals surface area contributed by atoms with E-state index in [9.17, 15) is 0 Å². The molecule has 0 saturated heterocycles. The highest BCUT2D eigenvalue weighted by Gasteiger charge is 2.53. The number of rotatable bonds is 1. The fraction of sp³-hybridized carbons (Fsp3) is 0.200. The van der Waals surface area contributed by atoms with E-state index in [-0.39, 0.29) is 10.8 Å². The molecule has 0 nitrogen and oxygen atoms in total. The summed E-state index contributed by atoms with van der Waals surface area (Å²) < 4.78 is 0. The molecule has 0 atom stereocenters. The first kappa shape index (κ1) is 17.7. The summed E-state index contributed by atoms with van der Waals surface area (Å²) in [6.07, 6.45) is 1.05. The lowest BCUT2D eigenvalue weighted by molar-refractivity contribution is 0.563. The Morgan fingerprint density at radius 3 is 1.63 bits per heavy atom. The highest BCUT2D eigenvalue weighted by Crippen LogP contribution is 2.61. The van der Waals surface area contributed by atoms with Crippen LogP contribution in [0.2, 0.25) is 0 Å². The van der Waals surface area contributed by atoms with Crippen molar-refractivity contribution in [2.45, 2.75) is 38.0 Å². The molecule has 1 spiro atoms. The SMILES string of the molecule is CCc1ccc2c(c1)C1(c3ccccc3-2)c2ccccc2C(C)(C)c2ccccc21. The van der Waals surface area contributed by atoms with Crippen molar-refractivity contribution >= 4 is 0 Å². The molecule has 2 aliphatic rings. The Balaban J connectivity index is 1.87. The second-order valence-corrected chi connectivity index (χ2v) is 9.25. The summed E-state index contributed by atoms with van der Waals surface area (Å²) in [5.41, 5.74) is 12.5. The summed E-state index contributed by atoms with van der Waals surface area (Å²) in [5.74, 6) is 0. The number of aryl methyl sites for hydroxylation is 1. The Kier molecular flexibility index (Phi) is 3.51. The first-order valence-corrected chi connectivity index (χ1v) is 11.0. The summed E-state index contributed by atoms with van der Waals surface area (Å²) in [6, 6.07) is 34.4. The van der Waals surface area contributed by atoms with Crippen LogP contribution in [0.25, 0.3) is 11.1 Å². The molecule has 0 radical (unpaired) electrons. The van der Waals surface area contributed by atoms with E-state index >= 15 is 0 Å². The molecule has 0 heterocycles. The third-order valence-electron chi connectivity index (χ3n) is 7.53. The molecule has 2 aliphatic carbocycles. The highest BCUT2D eigenvalue weighted by molar-refractivity contribution is 5.88. The van der Waals surface area contributed by atoms with E-state index in [1.165, 1.54) is 50.1 Å². The Hall–Kier alpha value is -3.12. The highest BCUT2D eigenvalue weighted by atomic mass is 14.5. The van der Waals surface area contributed by atoms with Gasteiger partial charge in [-0.05, 0) is 56.5 Å². The van der Waals surface area contributed by atoms with Crippen molar-refractivity contribution in [1.29, 1.82) is 0 Å². The lowest BCUT2D eigenvalue weighted by atomic mass is 9.55. The van der Waals surface area contributed by atoms with E-state index < -0.39 is 0 Å². The van der Waals surface area contributed by atoms with Gasteiger partial charge < -0.3 is 0 Å². The number of hydrogen-bond acceptors (Lipinski definition) is 0. The molecule has 4 aromatic rings. The van der Waals surface area contributed by atoms with Crippen LogP contribution in [-0.4, -0.2) is 0 Å². The molecule has 0 N–H and O–H groups in total. The van der Waals surface area contributed by atoms with Gasteiger partial charge in [-0.2, -0.15) is 0 Å². The summed E-state index contributed by atoms with van der Waals surface area (Å²) in [7, 11) is 0. The van der Waals surface area contributed by atoms with Crippen LogP contribution < -0.4 is 0 Å². The van der Waals surface area contributed by atoms with Crippen LogP contribution in [0.1, 0.15) is 59.7 Å². The predicted molar refractivity (Wildman–Crippen MR) is 125 cm³/mol. The minimum atomic E-state index is -0.250. The van der Waals surface area contributed by atoms with Crippen LogP contribution in [0.3, 0.4) is 0 Å². The third kappa shape index (κ3) is 1.97. The van der Waals surface area contributed by atoms with Crippen molar-refractivity contribution in [1.82, 2.24) is 0 Å². The molecule has 0 heteroatoms. The largest absolute Gasteiger partial charge is 0.0719 e. The summed E-state index contributed by atoms with van der Waals surface area (Å²) in [5, 5.41) is 0. The molecular weight excluding hydrogens is 360 g/mol. The van der Waals surface area contributed by atoms with Gasteiger partial charge >= 0.3 is 0 Å². The molecule has 6 rings (SSSR count). The summed E-state index contributed by atoms with van der Waals surface area (Å²) >= 11 is 0. The van der Waals surface area contributed by atoms with Crippen LogP contribution >= 0.6 is 0 Å². The quantitative estimate of drug-likeness (QED) is 0.284. The third-order valence-corrected chi connectivity index (χ3v) is 7.53. The maximum Gasteiger partial charge on any atom is 0.0719 e. The number of hydrogen-bond donors (Lipinski definition) is 0. The van der Waals surface area contributed by atoms with Gasteiger partial charge in [-0.3, -0.25) is 0 Å². The molecule has 0 fully saturated rings. The molecular formula is C30H26. The van der Waals surface area contributed by atoms with Crippen molar-refractivity contribution < 1.29 is 0 Å². The van der Waals surface area contributed by atoms with Gasteiger partial charge in [0.05, 0.1) is 5.41 Å². The monoisotopic (exact) mass is 386 g/mol. The number of fused-ring (bicyclic) bond motifs is 9. The zero-order chi connectivity index (χ0) is 20.5. The first-order valence-electron chi connectivity index (χ1n) is 11.0. The average molecular weight is 387 g/mol. The average Bonchev–Trinajstić information content (AvgIpc) is 3.08. The zero-order valence-electron chi connectivity index (χ0n) is 17.9. The van der Waals surface area contributed by atoms with Crippen LogP contribution in [0, 0.1) is 0 Å². The fourth-order valence-electron chi connectivity index (χ4n) is 6.13. The Morgan fingerprint density at radius 1 is 0.533 bits per heavy atom. The molecule has 0 amide bonds. The molecule has 0 aliphatic heterocycles. The van der Waals surface area contributed by atoms with Crippen molar-refractivity contribution in [2.24, 2.45) is 0 Å². The van der Waals surface area contributed by atoms with E-state index in [0.717, 1.165) is 6.42 Å². The second kappa shape index (κ2) is 5.95. The van der Waals surface area contributed by atoms with E-state index in [0.29, 0.717) is 0 Å². The normalized spacial score (nSPS) is 16.5. The maximum atomic E-state index is 2.47. The van der Waals surface area contributed by atoms with Crippen molar-refractivity contribution in [2.75, 3.05) is 0 Å². The van der Waals surface area contributed by atoms with Gasteiger partial charge in [-0.15, -0.1) is 0 Å². The molecule has 0 saturated carbocycles. The van der Waals surface area contributed by atoms with E-state index in [2.05, 4.69) is 112 Å². The van der Waals surface area contributed by atoms with Crippen LogP contribution in [0.4, 0.5) is 0 Å². The summed E-state index contributed by atoms with van der Waals surface area (Å²) in [4.78, 5) is 0. The molecule has 0 aromatic heterocycles.